The molecule has 4 aromatic rings. The summed E-state index contributed by atoms with van der Waals surface area (Å²) in [6.07, 6.45) is 6.34. The molecule has 1 aliphatic heterocycles. The summed E-state index contributed by atoms with van der Waals surface area (Å²) in [4.78, 5) is 21.5. The van der Waals surface area contributed by atoms with Crippen molar-refractivity contribution < 1.29 is 28.5 Å². The van der Waals surface area contributed by atoms with E-state index in [4.69, 9.17) is 28.7 Å². The Hall–Kier alpha value is -4.01. The molecule has 3 heterocycles. The lowest BCUT2D eigenvalue weighted by Gasteiger charge is -2.22. The minimum absolute atomic E-state index is 0.100. The molecule has 5 rings (SSSR count). The van der Waals surface area contributed by atoms with Crippen LogP contribution in [-0.4, -0.2) is 43.1 Å². The molecule has 1 unspecified atom stereocenters. The van der Waals surface area contributed by atoms with Crippen molar-refractivity contribution >= 4 is 16.9 Å². The zero-order valence-electron chi connectivity index (χ0n) is 21.5. The molecule has 2 aromatic heterocycles. The molecule has 0 bridgehead atoms. The molecular formula is C30H30N2O6. The maximum Gasteiger partial charge on any atom is 0.342 e. The summed E-state index contributed by atoms with van der Waals surface area (Å²) in [5.74, 6) is 0.620. The summed E-state index contributed by atoms with van der Waals surface area (Å²) >= 11 is 0. The summed E-state index contributed by atoms with van der Waals surface area (Å²) in [5.41, 5.74) is 4.36. The van der Waals surface area contributed by atoms with E-state index in [0.717, 1.165) is 48.3 Å². The number of hydrogen-bond donors (Lipinski definition) is 0. The first-order valence-electron chi connectivity index (χ1n) is 12.6. The largest absolute Gasteiger partial charge is 0.494 e. The van der Waals surface area contributed by atoms with E-state index in [-0.39, 0.29) is 6.29 Å². The maximum absolute atomic E-state index is 12.6. The maximum atomic E-state index is 12.6. The third-order valence-electron chi connectivity index (χ3n) is 6.47. The van der Waals surface area contributed by atoms with Gasteiger partial charge in [0.2, 0.25) is 0 Å². The number of benzene rings is 2. The molecule has 8 heteroatoms. The molecule has 196 valence electrons. The van der Waals surface area contributed by atoms with Crippen molar-refractivity contribution in [2.24, 2.45) is 0 Å². The van der Waals surface area contributed by atoms with Crippen LogP contribution < -0.4 is 9.47 Å². The topological polar surface area (TPSA) is 89.0 Å². The molecule has 0 radical (unpaired) electrons. The molecule has 0 aliphatic carbocycles. The highest BCUT2D eigenvalue weighted by molar-refractivity contribution is 6.07. The Labute approximate surface area is 221 Å². The van der Waals surface area contributed by atoms with Crippen molar-refractivity contribution in [2.75, 3.05) is 20.8 Å². The van der Waals surface area contributed by atoms with Gasteiger partial charge in [-0.05, 0) is 48.6 Å². The second kappa shape index (κ2) is 12.0. The zero-order valence-corrected chi connectivity index (χ0v) is 21.5. The summed E-state index contributed by atoms with van der Waals surface area (Å²) in [6, 6.07) is 17.5. The molecular weight excluding hydrogens is 484 g/mol. The van der Waals surface area contributed by atoms with Crippen molar-refractivity contribution in [3.05, 3.63) is 83.7 Å². The van der Waals surface area contributed by atoms with Gasteiger partial charge in [-0.3, -0.25) is 4.98 Å². The van der Waals surface area contributed by atoms with Crippen LogP contribution in [0.5, 0.6) is 11.5 Å². The minimum atomic E-state index is -0.506. The van der Waals surface area contributed by atoms with E-state index in [2.05, 4.69) is 4.98 Å². The highest BCUT2D eigenvalue weighted by Crippen LogP contribution is 2.36. The van der Waals surface area contributed by atoms with E-state index < -0.39 is 5.97 Å². The van der Waals surface area contributed by atoms with Crippen molar-refractivity contribution in [1.82, 2.24) is 9.97 Å². The fraction of sp³-hybridized carbons (Fsp3) is 0.300. The molecule has 0 amide bonds. The number of ether oxygens (including phenoxy) is 5. The van der Waals surface area contributed by atoms with Crippen LogP contribution in [0.15, 0.2) is 67.0 Å². The fourth-order valence-electron chi connectivity index (χ4n) is 4.43. The molecule has 0 spiro atoms. The molecule has 38 heavy (non-hydrogen) atoms. The Morgan fingerprint density at radius 2 is 1.74 bits per heavy atom. The number of fused-ring (bicyclic) bond motifs is 1. The SMILES string of the molecule is COC(=O)c1c(OC)c(-c2ccc(COc3ccc(COC4CCCCO4)cc3)cc2)nc2ccncc12. The first-order valence-corrected chi connectivity index (χ1v) is 12.6. The number of hydrogen-bond acceptors (Lipinski definition) is 8. The summed E-state index contributed by atoms with van der Waals surface area (Å²) in [5, 5.41) is 0.574. The first-order chi connectivity index (χ1) is 18.7. The van der Waals surface area contributed by atoms with Gasteiger partial charge in [0.1, 0.15) is 23.6 Å². The highest BCUT2D eigenvalue weighted by atomic mass is 16.7. The van der Waals surface area contributed by atoms with Gasteiger partial charge in [0.05, 0.1) is 26.3 Å². The molecule has 0 saturated carbocycles. The number of methoxy groups -OCH3 is 2. The van der Waals surface area contributed by atoms with E-state index in [1.54, 1.807) is 18.5 Å². The smallest absolute Gasteiger partial charge is 0.342 e. The Kier molecular flexibility index (Phi) is 8.11. The van der Waals surface area contributed by atoms with Crippen LogP contribution in [0.4, 0.5) is 0 Å². The van der Waals surface area contributed by atoms with E-state index in [9.17, 15) is 4.79 Å². The molecule has 1 atom stereocenters. The van der Waals surface area contributed by atoms with Crippen molar-refractivity contribution in [1.29, 1.82) is 0 Å². The number of carbonyl (C=O) groups excluding carboxylic acids is 1. The lowest BCUT2D eigenvalue weighted by Crippen LogP contribution is -2.21. The molecule has 2 aromatic carbocycles. The number of pyridine rings is 2. The number of carbonyl (C=O) groups is 1. The number of rotatable bonds is 9. The van der Waals surface area contributed by atoms with Gasteiger partial charge in [-0.25, -0.2) is 9.78 Å². The molecule has 1 fully saturated rings. The van der Waals surface area contributed by atoms with Crippen LogP contribution in [0, 0.1) is 0 Å². The average molecular weight is 515 g/mol. The van der Waals surface area contributed by atoms with E-state index >= 15 is 0 Å². The van der Waals surface area contributed by atoms with Crippen molar-refractivity contribution in [3.63, 3.8) is 0 Å². The van der Waals surface area contributed by atoms with Gasteiger partial charge in [-0.2, -0.15) is 0 Å². The van der Waals surface area contributed by atoms with Crippen LogP contribution in [0.1, 0.15) is 40.7 Å². The molecule has 0 N–H and O–H groups in total. The average Bonchev–Trinajstić information content (AvgIpc) is 2.99. The number of esters is 1. The van der Waals surface area contributed by atoms with Gasteiger partial charge < -0.3 is 23.7 Å². The van der Waals surface area contributed by atoms with E-state index in [1.165, 1.54) is 14.2 Å². The monoisotopic (exact) mass is 514 g/mol. The van der Waals surface area contributed by atoms with Gasteiger partial charge in [0.15, 0.2) is 12.0 Å². The predicted octanol–water partition coefficient (Wildman–Crippen LogP) is 5.71. The van der Waals surface area contributed by atoms with Crippen LogP contribution in [0.25, 0.3) is 22.2 Å². The van der Waals surface area contributed by atoms with Crippen molar-refractivity contribution in [3.8, 4) is 22.8 Å². The lowest BCUT2D eigenvalue weighted by molar-refractivity contribution is -0.168. The lowest BCUT2D eigenvalue weighted by atomic mass is 10.0. The van der Waals surface area contributed by atoms with Crippen LogP contribution in [-0.2, 0) is 27.4 Å². The molecule has 1 saturated heterocycles. The summed E-state index contributed by atoms with van der Waals surface area (Å²) < 4.78 is 28.1. The third kappa shape index (κ3) is 5.77. The van der Waals surface area contributed by atoms with Crippen LogP contribution >= 0.6 is 0 Å². The van der Waals surface area contributed by atoms with Gasteiger partial charge in [-0.1, -0.05) is 36.4 Å². The Morgan fingerprint density at radius 1 is 0.974 bits per heavy atom. The van der Waals surface area contributed by atoms with Crippen LogP contribution in [0.2, 0.25) is 0 Å². The molecule has 1 aliphatic rings. The predicted molar refractivity (Wildman–Crippen MR) is 142 cm³/mol. The van der Waals surface area contributed by atoms with Gasteiger partial charge >= 0.3 is 5.97 Å². The van der Waals surface area contributed by atoms with Gasteiger partial charge in [0, 0.05) is 30.0 Å². The third-order valence-corrected chi connectivity index (χ3v) is 6.47. The quantitative estimate of drug-likeness (QED) is 0.262. The van der Waals surface area contributed by atoms with E-state index in [1.807, 2.05) is 48.5 Å². The van der Waals surface area contributed by atoms with Crippen LogP contribution in [0.3, 0.4) is 0 Å². The van der Waals surface area contributed by atoms with Crippen molar-refractivity contribution in [2.45, 2.75) is 38.8 Å². The normalized spacial score (nSPS) is 15.3. The number of nitrogens with zero attached hydrogens (tertiary/aromatic N) is 2. The number of aromatic nitrogens is 2. The standard InChI is InChI=1S/C30H30N2O6/c1-34-29-27(30(33)35-2)24-17-31-15-14-25(24)32-28(29)22-10-6-20(7-11-22)18-37-23-12-8-21(9-13-23)19-38-26-5-3-4-16-36-26/h6-15,17,26H,3-5,16,18-19H2,1-2H3. The fourth-order valence-corrected chi connectivity index (χ4v) is 4.43. The second-order valence-corrected chi connectivity index (χ2v) is 8.99. The minimum Gasteiger partial charge on any atom is -0.494 e. The summed E-state index contributed by atoms with van der Waals surface area (Å²) in [6.45, 7) is 1.71. The van der Waals surface area contributed by atoms with Gasteiger partial charge in [-0.15, -0.1) is 0 Å². The van der Waals surface area contributed by atoms with E-state index in [0.29, 0.717) is 41.1 Å². The highest BCUT2D eigenvalue weighted by Gasteiger charge is 2.23. The molecule has 8 nitrogen and oxygen atoms in total. The summed E-state index contributed by atoms with van der Waals surface area (Å²) in [7, 11) is 2.85. The van der Waals surface area contributed by atoms with Gasteiger partial charge in [0.25, 0.3) is 0 Å². The zero-order chi connectivity index (χ0) is 26.3. The Bertz CT molecular complexity index is 1380. The first kappa shape index (κ1) is 25.6. The Morgan fingerprint density at radius 3 is 2.45 bits per heavy atom. The Balaban J connectivity index is 1.26. The second-order valence-electron chi connectivity index (χ2n) is 8.99.